The predicted octanol–water partition coefficient (Wildman–Crippen LogP) is 7.92. The summed E-state index contributed by atoms with van der Waals surface area (Å²) in [5, 5.41) is 59.7. The van der Waals surface area contributed by atoms with Gasteiger partial charge in [-0.15, -0.1) is 0 Å². The minimum absolute atomic E-state index is 0.00379. The number of phosphoric ester groups is 1. The van der Waals surface area contributed by atoms with Gasteiger partial charge in [-0.05, 0) is 83.5 Å². The van der Waals surface area contributed by atoms with Crippen LogP contribution in [0.25, 0.3) is 0 Å². The molecule has 0 aromatic heterocycles. The number of carbonyl (C=O) groups excluding carboxylic acids is 2. The highest BCUT2D eigenvalue weighted by Crippen LogP contribution is 2.47. The van der Waals surface area contributed by atoms with Gasteiger partial charge in [0.05, 0.1) is 12.7 Å². The molecule has 1 rings (SSSR count). The summed E-state index contributed by atoms with van der Waals surface area (Å²) in [4.78, 5) is 35.7. The summed E-state index contributed by atoms with van der Waals surface area (Å²) in [7, 11) is -5.14. The molecule has 15 heteroatoms. The number of phosphoric acid groups is 1. The fourth-order valence-electron chi connectivity index (χ4n) is 6.55. The van der Waals surface area contributed by atoms with Gasteiger partial charge in [-0.2, -0.15) is 0 Å². The van der Waals surface area contributed by atoms with Crippen molar-refractivity contribution in [2.75, 3.05) is 13.2 Å². The van der Waals surface area contributed by atoms with Crippen LogP contribution in [0.2, 0.25) is 0 Å². The van der Waals surface area contributed by atoms with Crippen LogP contribution in [0.15, 0.2) is 60.8 Å². The summed E-state index contributed by atoms with van der Waals surface area (Å²) < 4.78 is 33.4. The fourth-order valence-corrected chi connectivity index (χ4v) is 7.52. The molecule has 62 heavy (non-hydrogen) atoms. The molecule has 0 radical (unpaired) electrons. The number of hydrogen-bond acceptors (Lipinski definition) is 13. The number of ether oxygens (including phenoxy) is 2. The van der Waals surface area contributed by atoms with E-state index in [0.29, 0.717) is 19.3 Å². The third-order valence-corrected chi connectivity index (χ3v) is 11.5. The summed E-state index contributed by atoms with van der Waals surface area (Å²) in [6.45, 7) is 2.95. The fraction of sp³-hybridized carbons (Fsp3) is 0.745. The number of aliphatic hydroxyl groups excluding tert-OH is 6. The average molecular weight is 901 g/mol. The van der Waals surface area contributed by atoms with Crippen LogP contribution in [0.1, 0.15) is 162 Å². The number of unbranched alkanes of at least 4 members (excludes halogenated alkanes) is 12. The van der Waals surface area contributed by atoms with Crippen molar-refractivity contribution < 1.29 is 68.2 Å². The van der Waals surface area contributed by atoms with Crippen molar-refractivity contribution in [3.63, 3.8) is 0 Å². The Labute approximate surface area is 371 Å². The predicted molar refractivity (Wildman–Crippen MR) is 241 cm³/mol. The summed E-state index contributed by atoms with van der Waals surface area (Å²) in [6, 6.07) is 0. The third-order valence-electron chi connectivity index (χ3n) is 10.5. The lowest BCUT2D eigenvalue weighted by molar-refractivity contribution is -0.220. The molecular formula is C47H81O14P. The maximum absolute atomic E-state index is 12.8. The van der Waals surface area contributed by atoms with Gasteiger partial charge in [0.15, 0.2) is 6.10 Å². The molecule has 1 aliphatic carbocycles. The molecule has 0 amide bonds. The van der Waals surface area contributed by atoms with E-state index in [-0.39, 0.29) is 18.9 Å². The summed E-state index contributed by atoms with van der Waals surface area (Å²) >= 11 is 0. The van der Waals surface area contributed by atoms with Crippen LogP contribution in [-0.4, -0.2) is 110 Å². The lowest BCUT2D eigenvalue weighted by Gasteiger charge is -2.41. The molecule has 0 saturated heterocycles. The monoisotopic (exact) mass is 901 g/mol. The molecule has 7 N–H and O–H groups in total. The zero-order chi connectivity index (χ0) is 45.9. The van der Waals surface area contributed by atoms with E-state index in [0.717, 1.165) is 77.0 Å². The largest absolute Gasteiger partial charge is 0.472 e. The van der Waals surface area contributed by atoms with Gasteiger partial charge in [0, 0.05) is 12.8 Å². The van der Waals surface area contributed by atoms with Crippen molar-refractivity contribution in [2.24, 2.45) is 0 Å². The van der Waals surface area contributed by atoms with Crippen LogP contribution in [-0.2, 0) is 32.7 Å². The number of allylic oxidation sites excluding steroid dienone is 10. The van der Waals surface area contributed by atoms with E-state index >= 15 is 0 Å². The molecule has 0 bridgehead atoms. The highest BCUT2D eigenvalue weighted by molar-refractivity contribution is 7.47. The summed E-state index contributed by atoms with van der Waals surface area (Å²) in [6.07, 6.45) is 27.9. The van der Waals surface area contributed by atoms with Gasteiger partial charge in [0.25, 0.3) is 0 Å². The van der Waals surface area contributed by atoms with Crippen LogP contribution in [0.4, 0.5) is 0 Å². The van der Waals surface area contributed by atoms with Gasteiger partial charge in [-0.25, -0.2) is 4.57 Å². The topological polar surface area (TPSA) is 230 Å². The van der Waals surface area contributed by atoms with Crippen molar-refractivity contribution in [1.82, 2.24) is 0 Å². The first-order valence-corrected chi connectivity index (χ1v) is 24.7. The summed E-state index contributed by atoms with van der Waals surface area (Å²) in [5.41, 5.74) is 0. The SMILES string of the molecule is CCCCCCCC/C=C\CCCCCCCC(=O)OC[C@H](COP(=O)(O)OC1[C@H](O)[C@H](O)C(O)[C@H](O)[C@H]1O)OC(=O)CCC/C=C\C/C=C\C/C=C\C/C=C\CC[C@H](O)CC. The molecule has 0 aromatic rings. The molecule has 0 heterocycles. The lowest BCUT2D eigenvalue weighted by Crippen LogP contribution is -2.64. The Hall–Kier alpha value is -2.49. The van der Waals surface area contributed by atoms with Crippen molar-refractivity contribution in [3.05, 3.63) is 60.8 Å². The molecule has 14 nitrogen and oxygen atoms in total. The average Bonchev–Trinajstić information content (AvgIpc) is 3.25. The highest BCUT2D eigenvalue weighted by atomic mass is 31.2. The van der Waals surface area contributed by atoms with Crippen LogP contribution in [0.5, 0.6) is 0 Å². The second-order valence-electron chi connectivity index (χ2n) is 16.0. The Balaban J connectivity index is 2.52. The third kappa shape index (κ3) is 29.1. The van der Waals surface area contributed by atoms with Crippen molar-refractivity contribution >= 4 is 19.8 Å². The molecule has 0 aromatic carbocycles. The Kier molecular flexibility index (Phi) is 34.2. The van der Waals surface area contributed by atoms with Gasteiger partial charge < -0.3 is 45.0 Å². The van der Waals surface area contributed by atoms with Gasteiger partial charge in [-0.1, -0.05) is 126 Å². The van der Waals surface area contributed by atoms with Gasteiger partial charge >= 0.3 is 19.8 Å². The zero-order valence-electron chi connectivity index (χ0n) is 37.5. The molecule has 3 unspecified atom stereocenters. The van der Waals surface area contributed by atoms with Crippen molar-refractivity contribution in [2.45, 2.75) is 210 Å². The second-order valence-corrected chi connectivity index (χ2v) is 17.4. The van der Waals surface area contributed by atoms with E-state index < -0.39 is 75.7 Å². The molecule has 1 aliphatic rings. The van der Waals surface area contributed by atoms with Gasteiger partial charge in [-0.3, -0.25) is 18.6 Å². The first-order chi connectivity index (χ1) is 29.8. The zero-order valence-corrected chi connectivity index (χ0v) is 38.4. The molecule has 0 spiro atoms. The quantitative estimate of drug-likeness (QED) is 0.0136. The van der Waals surface area contributed by atoms with E-state index in [1.807, 2.05) is 25.2 Å². The molecular weight excluding hydrogens is 819 g/mol. The van der Waals surface area contributed by atoms with Crippen LogP contribution in [0, 0.1) is 0 Å². The van der Waals surface area contributed by atoms with E-state index in [4.69, 9.17) is 18.5 Å². The number of carbonyl (C=O) groups is 2. The van der Waals surface area contributed by atoms with E-state index in [1.165, 1.54) is 38.5 Å². The molecule has 1 saturated carbocycles. The summed E-state index contributed by atoms with van der Waals surface area (Å²) in [5.74, 6) is -1.20. The molecule has 0 aliphatic heterocycles. The van der Waals surface area contributed by atoms with Gasteiger partial charge in [0.2, 0.25) is 0 Å². The number of rotatable bonds is 37. The Morgan fingerprint density at radius 1 is 0.565 bits per heavy atom. The van der Waals surface area contributed by atoms with Crippen LogP contribution >= 0.6 is 7.82 Å². The molecule has 9 atom stereocenters. The first-order valence-electron chi connectivity index (χ1n) is 23.2. The van der Waals surface area contributed by atoms with Crippen molar-refractivity contribution in [1.29, 1.82) is 0 Å². The molecule has 1 fully saturated rings. The molecule has 358 valence electrons. The minimum Gasteiger partial charge on any atom is -0.462 e. The Bertz CT molecular complexity index is 1330. The number of esters is 2. The van der Waals surface area contributed by atoms with Crippen molar-refractivity contribution in [3.8, 4) is 0 Å². The lowest BCUT2D eigenvalue weighted by atomic mass is 9.85. The Morgan fingerprint density at radius 3 is 1.58 bits per heavy atom. The smallest absolute Gasteiger partial charge is 0.462 e. The standard InChI is InChI=1S/C47H81O14P/c1-3-5-6-7-8-9-10-11-12-16-19-22-25-28-31-34-40(49)58-36-39(37-59-62(56,57)61-47-45(54)43(52)42(51)44(53)46(47)55)60-41(50)35-32-29-26-23-20-17-14-13-15-18-21-24-27-30-33-38(48)4-2/h11-12,14-15,17-18,23-24,26-27,38-39,42-48,51-55H,3-10,13,16,19-22,25,28-37H2,1-2H3,(H,56,57)/b12-11-,17-14-,18-15-,26-23-,27-24-/t38-,39-,42?,43-,44+,45-,46-,47?/m1/s1. The van der Waals surface area contributed by atoms with Gasteiger partial charge in [0.1, 0.15) is 43.2 Å². The normalized spacial score (nSPS) is 22.9. The number of aliphatic hydroxyl groups is 6. The number of hydrogen-bond donors (Lipinski definition) is 7. The minimum atomic E-state index is -5.14. The van der Waals surface area contributed by atoms with E-state index in [9.17, 15) is 49.7 Å². The van der Waals surface area contributed by atoms with Crippen LogP contribution in [0.3, 0.4) is 0 Å². The van der Waals surface area contributed by atoms with E-state index in [1.54, 1.807) is 0 Å². The highest BCUT2D eigenvalue weighted by Gasteiger charge is 2.51. The van der Waals surface area contributed by atoms with Crippen LogP contribution < -0.4 is 0 Å². The van der Waals surface area contributed by atoms with E-state index in [2.05, 4.69) is 49.5 Å². The maximum Gasteiger partial charge on any atom is 0.472 e. The first kappa shape index (κ1) is 57.5. The Morgan fingerprint density at radius 2 is 1.02 bits per heavy atom. The second kappa shape index (κ2) is 36.8. The maximum atomic E-state index is 12.8.